The van der Waals surface area contributed by atoms with Crippen molar-refractivity contribution in [1.29, 1.82) is 0 Å². The van der Waals surface area contributed by atoms with Crippen LogP contribution in [0.1, 0.15) is 42.1 Å². The van der Waals surface area contributed by atoms with E-state index >= 15 is 0 Å². The molecule has 0 saturated carbocycles. The third kappa shape index (κ3) is 4.37. The fraction of sp³-hybridized carbons (Fsp3) is 0.350. The summed E-state index contributed by atoms with van der Waals surface area (Å²) < 4.78 is 27.2. The first-order valence-corrected chi connectivity index (χ1v) is 10.5. The maximum Gasteiger partial charge on any atom is 0.255 e. The number of anilines is 1. The first kappa shape index (κ1) is 19.5. The molecule has 7 heteroatoms. The molecular weight excluding hydrogens is 364 g/mol. The summed E-state index contributed by atoms with van der Waals surface area (Å²) in [5.41, 5.74) is 1.64. The Balaban J connectivity index is 1.75. The van der Waals surface area contributed by atoms with Gasteiger partial charge in [0, 0.05) is 23.8 Å². The largest absolute Gasteiger partial charge is 0.392 e. The van der Waals surface area contributed by atoms with Crippen LogP contribution in [0.2, 0.25) is 0 Å². The Morgan fingerprint density at radius 2 is 1.93 bits per heavy atom. The number of nitrogens with zero attached hydrogens (tertiary/aromatic N) is 1. The van der Waals surface area contributed by atoms with Crippen molar-refractivity contribution < 1.29 is 18.3 Å². The summed E-state index contributed by atoms with van der Waals surface area (Å²) in [5, 5.41) is 11.9. The van der Waals surface area contributed by atoms with Crippen LogP contribution in [0.3, 0.4) is 0 Å². The van der Waals surface area contributed by atoms with E-state index in [1.54, 1.807) is 28.6 Å². The highest BCUT2D eigenvalue weighted by Crippen LogP contribution is 2.25. The molecule has 1 aliphatic rings. The molecule has 0 bridgehead atoms. The lowest BCUT2D eigenvalue weighted by atomic mass is 10.1. The monoisotopic (exact) mass is 388 g/mol. The molecule has 0 spiro atoms. The summed E-state index contributed by atoms with van der Waals surface area (Å²) in [5.74, 6) is -0.333. The highest BCUT2D eigenvalue weighted by molar-refractivity contribution is 7.89. The molecule has 144 valence electrons. The number of carbonyl (C=O) groups excluding carboxylic acids is 1. The van der Waals surface area contributed by atoms with Gasteiger partial charge in [-0.3, -0.25) is 4.79 Å². The van der Waals surface area contributed by atoms with E-state index < -0.39 is 10.0 Å². The van der Waals surface area contributed by atoms with Gasteiger partial charge in [0.1, 0.15) is 0 Å². The number of piperidine rings is 1. The van der Waals surface area contributed by atoms with E-state index in [9.17, 15) is 18.3 Å². The minimum atomic E-state index is -3.55. The molecule has 1 unspecified atom stereocenters. The predicted molar refractivity (Wildman–Crippen MR) is 104 cm³/mol. The van der Waals surface area contributed by atoms with Gasteiger partial charge in [0.2, 0.25) is 10.0 Å². The predicted octanol–water partition coefficient (Wildman–Crippen LogP) is 2.99. The number of nitrogens with one attached hydrogen (secondary N) is 1. The van der Waals surface area contributed by atoms with E-state index in [2.05, 4.69) is 5.32 Å². The van der Waals surface area contributed by atoms with Gasteiger partial charge < -0.3 is 10.4 Å². The van der Waals surface area contributed by atoms with E-state index in [-0.39, 0.29) is 23.5 Å². The second-order valence-electron chi connectivity index (χ2n) is 6.80. The van der Waals surface area contributed by atoms with Gasteiger partial charge in [0.25, 0.3) is 5.91 Å². The van der Waals surface area contributed by atoms with Crippen LogP contribution in [0.5, 0.6) is 0 Å². The van der Waals surface area contributed by atoms with Gasteiger partial charge in [-0.1, -0.05) is 18.6 Å². The second-order valence-corrected chi connectivity index (χ2v) is 8.69. The van der Waals surface area contributed by atoms with E-state index in [0.717, 1.165) is 19.3 Å². The molecule has 1 aliphatic heterocycles. The number of benzene rings is 2. The highest BCUT2D eigenvalue weighted by Gasteiger charge is 2.30. The lowest BCUT2D eigenvalue weighted by Gasteiger charge is -2.32. The van der Waals surface area contributed by atoms with Crippen LogP contribution >= 0.6 is 0 Å². The first-order chi connectivity index (χ1) is 12.9. The molecule has 2 aromatic rings. The van der Waals surface area contributed by atoms with Crippen LogP contribution < -0.4 is 5.32 Å². The third-order valence-electron chi connectivity index (χ3n) is 4.83. The molecule has 27 heavy (non-hydrogen) atoms. The molecule has 1 atom stereocenters. The third-order valence-corrected chi connectivity index (χ3v) is 6.86. The van der Waals surface area contributed by atoms with Crippen molar-refractivity contribution >= 4 is 21.6 Å². The Hall–Kier alpha value is -2.22. The van der Waals surface area contributed by atoms with Crippen LogP contribution in [0.15, 0.2) is 53.4 Å². The van der Waals surface area contributed by atoms with E-state index in [0.29, 0.717) is 23.4 Å². The van der Waals surface area contributed by atoms with Gasteiger partial charge >= 0.3 is 0 Å². The van der Waals surface area contributed by atoms with E-state index in [4.69, 9.17) is 0 Å². The Morgan fingerprint density at radius 1 is 1.19 bits per heavy atom. The fourth-order valence-electron chi connectivity index (χ4n) is 3.29. The Morgan fingerprint density at radius 3 is 2.59 bits per heavy atom. The van der Waals surface area contributed by atoms with Gasteiger partial charge in [0.05, 0.1) is 11.5 Å². The van der Waals surface area contributed by atoms with Gasteiger partial charge in [-0.15, -0.1) is 0 Å². The number of aliphatic hydroxyl groups is 1. The summed E-state index contributed by atoms with van der Waals surface area (Å²) in [7, 11) is -3.55. The normalized spacial score (nSPS) is 18.2. The molecule has 1 heterocycles. The molecule has 0 radical (unpaired) electrons. The number of hydrogen-bond acceptors (Lipinski definition) is 4. The quantitative estimate of drug-likeness (QED) is 0.824. The summed E-state index contributed by atoms with van der Waals surface area (Å²) in [6, 6.07) is 12.9. The lowest BCUT2D eigenvalue weighted by molar-refractivity contribution is 0.102. The van der Waals surface area contributed by atoms with Crippen molar-refractivity contribution in [3.8, 4) is 0 Å². The summed E-state index contributed by atoms with van der Waals surface area (Å²) in [6.45, 7) is 2.36. The van der Waals surface area contributed by atoms with Gasteiger partial charge in [-0.2, -0.15) is 4.31 Å². The zero-order valence-electron chi connectivity index (χ0n) is 15.3. The van der Waals surface area contributed by atoms with Crippen LogP contribution in [0, 0.1) is 0 Å². The van der Waals surface area contributed by atoms with Gasteiger partial charge in [-0.05, 0) is 61.7 Å². The number of sulfonamides is 1. The molecular formula is C20H24N2O4S. The molecule has 0 aromatic heterocycles. The molecule has 1 fully saturated rings. The van der Waals surface area contributed by atoms with Crippen LogP contribution in [-0.2, 0) is 16.6 Å². The summed E-state index contributed by atoms with van der Waals surface area (Å²) >= 11 is 0. The van der Waals surface area contributed by atoms with E-state index in [1.165, 1.54) is 24.3 Å². The number of hydrogen-bond donors (Lipinski definition) is 2. The van der Waals surface area contributed by atoms with Crippen molar-refractivity contribution in [1.82, 2.24) is 4.31 Å². The molecule has 6 nitrogen and oxygen atoms in total. The topological polar surface area (TPSA) is 86.7 Å². The van der Waals surface area contributed by atoms with Gasteiger partial charge in [0.15, 0.2) is 0 Å². The zero-order valence-corrected chi connectivity index (χ0v) is 16.1. The standard InChI is InChI=1S/C20H24N2O4S/c1-15-5-2-3-12-22(15)27(25,26)19-10-8-17(9-11-19)20(24)21-18-7-4-6-16(13-18)14-23/h4,6-11,13,15,23H,2-3,5,12,14H2,1H3,(H,21,24). The minimum absolute atomic E-state index is 0.00877. The van der Waals surface area contributed by atoms with Crippen molar-refractivity contribution in [3.05, 3.63) is 59.7 Å². The Kier molecular flexibility index (Phi) is 5.94. The fourth-order valence-corrected chi connectivity index (χ4v) is 4.99. The first-order valence-electron chi connectivity index (χ1n) is 9.05. The molecule has 2 N–H and O–H groups in total. The van der Waals surface area contributed by atoms with Crippen molar-refractivity contribution in [2.45, 2.75) is 43.7 Å². The van der Waals surface area contributed by atoms with Crippen LogP contribution in [-0.4, -0.2) is 36.3 Å². The average molecular weight is 388 g/mol. The molecule has 3 rings (SSSR count). The van der Waals surface area contributed by atoms with E-state index in [1.807, 2.05) is 6.92 Å². The number of carbonyl (C=O) groups is 1. The maximum atomic E-state index is 12.8. The van der Waals surface area contributed by atoms with Crippen molar-refractivity contribution in [3.63, 3.8) is 0 Å². The SMILES string of the molecule is CC1CCCCN1S(=O)(=O)c1ccc(C(=O)Nc2cccc(CO)c2)cc1. The molecule has 0 aliphatic carbocycles. The van der Waals surface area contributed by atoms with Gasteiger partial charge in [-0.25, -0.2) is 8.42 Å². The number of amides is 1. The van der Waals surface area contributed by atoms with Crippen LogP contribution in [0.25, 0.3) is 0 Å². The number of rotatable bonds is 5. The summed E-state index contributed by atoms with van der Waals surface area (Å²) in [4.78, 5) is 12.6. The molecule has 2 aromatic carbocycles. The second kappa shape index (κ2) is 8.21. The highest BCUT2D eigenvalue weighted by atomic mass is 32.2. The van der Waals surface area contributed by atoms with Crippen molar-refractivity contribution in [2.75, 3.05) is 11.9 Å². The lowest BCUT2D eigenvalue weighted by Crippen LogP contribution is -2.41. The Bertz CT molecular complexity index is 910. The van der Waals surface area contributed by atoms with Crippen molar-refractivity contribution in [2.24, 2.45) is 0 Å². The minimum Gasteiger partial charge on any atom is -0.392 e. The maximum absolute atomic E-state index is 12.8. The number of aliphatic hydroxyl groups excluding tert-OH is 1. The zero-order chi connectivity index (χ0) is 19.4. The average Bonchev–Trinajstić information content (AvgIpc) is 2.68. The Labute approximate surface area is 159 Å². The molecule has 1 saturated heterocycles. The van der Waals surface area contributed by atoms with Crippen LogP contribution in [0.4, 0.5) is 5.69 Å². The smallest absolute Gasteiger partial charge is 0.255 e. The summed E-state index contributed by atoms with van der Waals surface area (Å²) in [6.07, 6.45) is 2.79. The molecule has 1 amide bonds.